The van der Waals surface area contributed by atoms with E-state index in [9.17, 15) is 0 Å². The average molecular weight is 252 g/mol. The van der Waals surface area contributed by atoms with Crippen molar-refractivity contribution in [3.63, 3.8) is 0 Å². The topological polar surface area (TPSA) is 56.7 Å². The standard InChI is InChI=1S/C14H28N4/c1-6-7-18-12(16-17-13(18)10-15)8-11(2)9-14(3,4)5/h11H,6-10,15H2,1-5H3. The third-order valence-corrected chi connectivity index (χ3v) is 3.03. The van der Waals surface area contributed by atoms with Gasteiger partial charge in [0.25, 0.3) is 0 Å². The summed E-state index contributed by atoms with van der Waals surface area (Å²) in [6.07, 6.45) is 3.28. The lowest BCUT2D eigenvalue weighted by Gasteiger charge is -2.23. The molecule has 0 saturated heterocycles. The molecule has 1 aromatic heterocycles. The summed E-state index contributed by atoms with van der Waals surface area (Å²) in [4.78, 5) is 0. The first-order valence-corrected chi connectivity index (χ1v) is 6.98. The third-order valence-electron chi connectivity index (χ3n) is 3.03. The summed E-state index contributed by atoms with van der Waals surface area (Å²) in [7, 11) is 0. The monoisotopic (exact) mass is 252 g/mol. The summed E-state index contributed by atoms with van der Waals surface area (Å²) in [6.45, 7) is 12.8. The zero-order chi connectivity index (χ0) is 13.8. The van der Waals surface area contributed by atoms with Gasteiger partial charge in [-0.15, -0.1) is 10.2 Å². The first kappa shape index (κ1) is 15.2. The molecule has 2 N–H and O–H groups in total. The maximum absolute atomic E-state index is 5.70. The SMILES string of the molecule is CCCn1c(CN)nnc1CC(C)CC(C)(C)C. The molecule has 0 amide bonds. The Labute approximate surface area is 111 Å². The van der Waals surface area contributed by atoms with Crippen molar-refractivity contribution in [2.24, 2.45) is 17.1 Å². The number of aromatic nitrogens is 3. The van der Waals surface area contributed by atoms with Crippen LogP contribution < -0.4 is 5.73 Å². The molecule has 0 saturated carbocycles. The Hall–Kier alpha value is -0.900. The van der Waals surface area contributed by atoms with Crippen LogP contribution in [0.1, 0.15) is 59.1 Å². The molecular weight excluding hydrogens is 224 g/mol. The second-order valence-electron chi connectivity index (χ2n) is 6.46. The predicted molar refractivity (Wildman–Crippen MR) is 75.1 cm³/mol. The fraction of sp³-hybridized carbons (Fsp3) is 0.857. The van der Waals surface area contributed by atoms with E-state index in [0.717, 1.165) is 31.0 Å². The Morgan fingerprint density at radius 3 is 2.33 bits per heavy atom. The van der Waals surface area contributed by atoms with Crippen LogP contribution in [0.3, 0.4) is 0 Å². The minimum absolute atomic E-state index is 0.367. The highest BCUT2D eigenvalue weighted by Gasteiger charge is 2.18. The fourth-order valence-electron chi connectivity index (χ4n) is 2.59. The van der Waals surface area contributed by atoms with Crippen LogP contribution in [0.2, 0.25) is 0 Å². The van der Waals surface area contributed by atoms with Gasteiger partial charge in [0.2, 0.25) is 0 Å². The van der Waals surface area contributed by atoms with Crippen LogP contribution in [0, 0.1) is 11.3 Å². The van der Waals surface area contributed by atoms with Gasteiger partial charge < -0.3 is 10.3 Å². The highest BCUT2D eigenvalue weighted by Crippen LogP contribution is 2.26. The molecule has 4 nitrogen and oxygen atoms in total. The van der Waals surface area contributed by atoms with Crippen LogP contribution in [-0.2, 0) is 19.5 Å². The van der Waals surface area contributed by atoms with Gasteiger partial charge in [0.05, 0.1) is 6.54 Å². The summed E-state index contributed by atoms with van der Waals surface area (Å²) in [5.74, 6) is 2.62. The summed E-state index contributed by atoms with van der Waals surface area (Å²) in [6, 6.07) is 0. The Morgan fingerprint density at radius 2 is 1.83 bits per heavy atom. The summed E-state index contributed by atoms with van der Waals surface area (Å²) in [5, 5.41) is 8.50. The van der Waals surface area contributed by atoms with Crippen LogP contribution in [-0.4, -0.2) is 14.8 Å². The minimum Gasteiger partial charge on any atom is -0.324 e. The van der Waals surface area contributed by atoms with Crippen molar-refractivity contribution in [1.82, 2.24) is 14.8 Å². The minimum atomic E-state index is 0.367. The summed E-state index contributed by atoms with van der Waals surface area (Å²) in [5.41, 5.74) is 6.07. The lowest BCUT2D eigenvalue weighted by atomic mass is 9.84. The number of nitrogens with two attached hydrogens (primary N) is 1. The quantitative estimate of drug-likeness (QED) is 0.847. The van der Waals surface area contributed by atoms with E-state index in [4.69, 9.17) is 5.73 Å². The first-order valence-electron chi connectivity index (χ1n) is 6.98. The molecule has 1 heterocycles. The van der Waals surface area contributed by atoms with E-state index in [1.165, 1.54) is 6.42 Å². The van der Waals surface area contributed by atoms with Crippen molar-refractivity contribution in [1.29, 1.82) is 0 Å². The van der Waals surface area contributed by atoms with Gasteiger partial charge in [0.15, 0.2) is 0 Å². The molecule has 0 spiro atoms. The largest absolute Gasteiger partial charge is 0.324 e. The average Bonchev–Trinajstić information content (AvgIpc) is 2.59. The lowest BCUT2D eigenvalue weighted by Crippen LogP contribution is -2.16. The van der Waals surface area contributed by atoms with Crippen molar-refractivity contribution in [2.75, 3.05) is 0 Å². The second-order valence-corrected chi connectivity index (χ2v) is 6.46. The Bertz CT molecular complexity index is 362. The summed E-state index contributed by atoms with van der Waals surface area (Å²) >= 11 is 0. The van der Waals surface area contributed by atoms with Gasteiger partial charge in [-0.3, -0.25) is 0 Å². The molecule has 0 aliphatic rings. The van der Waals surface area contributed by atoms with Crippen LogP contribution >= 0.6 is 0 Å². The van der Waals surface area contributed by atoms with E-state index in [1.807, 2.05) is 0 Å². The number of hydrogen-bond donors (Lipinski definition) is 1. The molecule has 1 rings (SSSR count). The molecule has 4 heteroatoms. The van der Waals surface area contributed by atoms with E-state index >= 15 is 0 Å². The zero-order valence-corrected chi connectivity index (χ0v) is 12.5. The van der Waals surface area contributed by atoms with Gasteiger partial charge in [-0.05, 0) is 24.2 Å². The van der Waals surface area contributed by atoms with Gasteiger partial charge in [-0.2, -0.15) is 0 Å². The zero-order valence-electron chi connectivity index (χ0n) is 12.5. The third kappa shape index (κ3) is 4.41. The van der Waals surface area contributed by atoms with Crippen LogP contribution in [0.5, 0.6) is 0 Å². The first-order chi connectivity index (χ1) is 8.37. The molecule has 0 fully saturated rings. The van der Waals surface area contributed by atoms with Crippen molar-refractivity contribution >= 4 is 0 Å². The van der Waals surface area contributed by atoms with Gasteiger partial charge in [-0.1, -0.05) is 34.6 Å². The van der Waals surface area contributed by atoms with Crippen LogP contribution in [0.4, 0.5) is 0 Å². The molecule has 1 atom stereocenters. The molecular formula is C14H28N4. The highest BCUT2D eigenvalue weighted by molar-refractivity contribution is 4.97. The van der Waals surface area contributed by atoms with Crippen molar-refractivity contribution in [3.05, 3.63) is 11.6 Å². The Balaban J connectivity index is 2.74. The van der Waals surface area contributed by atoms with Crippen molar-refractivity contribution in [3.8, 4) is 0 Å². The van der Waals surface area contributed by atoms with Crippen molar-refractivity contribution < 1.29 is 0 Å². The highest BCUT2D eigenvalue weighted by atomic mass is 15.3. The lowest BCUT2D eigenvalue weighted by molar-refractivity contribution is 0.301. The molecule has 0 aromatic carbocycles. The van der Waals surface area contributed by atoms with E-state index in [2.05, 4.69) is 49.4 Å². The molecule has 0 aliphatic heterocycles. The van der Waals surface area contributed by atoms with Gasteiger partial charge in [0.1, 0.15) is 11.6 Å². The predicted octanol–water partition coefficient (Wildman–Crippen LogP) is 2.76. The van der Waals surface area contributed by atoms with Crippen LogP contribution in [0.15, 0.2) is 0 Å². The van der Waals surface area contributed by atoms with E-state index in [0.29, 0.717) is 17.9 Å². The molecule has 0 bridgehead atoms. The van der Waals surface area contributed by atoms with E-state index in [-0.39, 0.29) is 0 Å². The fourth-order valence-corrected chi connectivity index (χ4v) is 2.59. The van der Waals surface area contributed by atoms with Gasteiger partial charge in [0, 0.05) is 13.0 Å². The van der Waals surface area contributed by atoms with Crippen LogP contribution in [0.25, 0.3) is 0 Å². The number of hydrogen-bond acceptors (Lipinski definition) is 3. The van der Waals surface area contributed by atoms with E-state index < -0.39 is 0 Å². The Morgan fingerprint density at radius 1 is 1.22 bits per heavy atom. The smallest absolute Gasteiger partial charge is 0.146 e. The van der Waals surface area contributed by atoms with E-state index in [1.54, 1.807) is 0 Å². The number of nitrogens with zero attached hydrogens (tertiary/aromatic N) is 3. The molecule has 0 radical (unpaired) electrons. The molecule has 18 heavy (non-hydrogen) atoms. The Kier molecular flexibility index (Phi) is 5.32. The van der Waals surface area contributed by atoms with Crippen molar-refractivity contribution in [2.45, 2.75) is 67.0 Å². The molecule has 104 valence electrons. The summed E-state index contributed by atoms with van der Waals surface area (Å²) < 4.78 is 2.19. The number of rotatable bonds is 6. The van der Waals surface area contributed by atoms with Gasteiger partial charge >= 0.3 is 0 Å². The van der Waals surface area contributed by atoms with Gasteiger partial charge in [-0.25, -0.2) is 0 Å². The molecule has 0 aliphatic carbocycles. The maximum Gasteiger partial charge on any atom is 0.146 e. The second kappa shape index (κ2) is 6.32. The molecule has 1 aromatic rings. The maximum atomic E-state index is 5.70. The normalized spacial score (nSPS) is 13.9. The molecule has 1 unspecified atom stereocenters.